The van der Waals surface area contributed by atoms with Crippen molar-refractivity contribution in [1.82, 2.24) is 5.32 Å². The number of amides is 2. The number of aryl methyl sites for hydroxylation is 2. The number of alkyl halides is 2. The van der Waals surface area contributed by atoms with Gasteiger partial charge in [0.15, 0.2) is 0 Å². The van der Waals surface area contributed by atoms with E-state index in [4.69, 9.17) is 4.74 Å². The average Bonchev–Trinajstić information content (AvgIpc) is 3.68. The third kappa shape index (κ3) is 7.35. The standard InChI is InChI=1S/C29H29F3N2O3/c1-18-15-23(33-27(35)14-9-20-16-21(29(2,31)32)10-12-25(20)30)11-13-26(18)37-24-6-4-3-5-22(17-24)34-28(36)19-7-8-19/h3-4,6,10-13,15-17,19H,5,7-9,14H2,1-2H3,(H,33,35)(H,34,36). The summed E-state index contributed by atoms with van der Waals surface area (Å²) in [4.78, 5) is 24.5. The van der Waals surface area contributed by atoms with Gasteiger partial charge < -0.3 is 15.4 Å². The highest BCUT2D eigenvalue weighted by Crippen LogP contribution is 2.30. The van der Waals surface area contributed by atoms with E-state index >= 15 is 0 Å². The van der Waals surface area contributed by atoms with E-state index in [2.05, 4.69) is 10.6 Å². The topological polar surface area (TPSA) is 67.4 Å². The van der Waals surface area contributed by atoms with Gasteiger partial charge in [-0.05, 0) is 73.7 Å². The molecule has 1 fully saturated rings. The third-order valence-corrected chi connectivity index (χ3v) is 6.14. The van der Waals surface area contributed by atoms with Crippen LogP contribution in [0.3, 0.4) is 0 Å². The fraction of sp³-hybridized carbons (Fsp3) is 0.310. The zero-order valence-corrected chi connectivity index (χ0v) is 20.7. The second-order valence-corrected chi connectivity index (χ2v) is 9.46. The average molecular weight is 511 g/mol. The van der Waals surface area contributed by atoms with Crippen LogP contribution in [0, 0.1) is 18.7 Å². The lowest BCUT2D eigenvalue weighted by Crippen LogP contribution is -2.24. The molecule has 2 aromatic carbocycles. The molecule has 4 rings (SSSR count). The summed E-state index contributed by atoms with van der Waals surface area (Å²) >= 11 is 0. The highest BCUT2D eigenvalue weighted by Gasteiger charge is 2.30. The molecule has 37 heavy (non-hydrogen) atoms. The molecule has 0 unspecified atom stereocenters. The van der Waals surface area contributed by atoms with E-state index in [1.165, 1.54) is 0 Å². The van der Waals surface area contributed by atoms with Crippen LogP contribution in [0.2, 0.25) is 0 Å². The van der Waals surface area contributed by atoms with Crippen molar-refractivity contribution in [3.63, 3.8) is 0 Å². The van der Waals surface area contributed by atoms with Crippen LogP contribution >= 0.6 is 0 Å². The van der Waals surface area contributed by atoms with Crippen molar-refractivity contribution in [2.75, 3.05) is 5.32 Å². The monoisotopic (exact) mass is 510 g/mol. The van der Waals surface area contributed by atoms with Gasteiger partial charge in [0, 0.05) is 48.7 Å². The van der Waals surface area contributed by atoms with Crippen molar-refractivity contribution in [3.8, 4) is 5.75 Å². The molecule has 0 heterocycles. The molecule has 0 aliphatic heterocycles. The maximum Gasteiger partial charge on any atom is 0.270 e. The first-order valence-corrected chi connectivity index (χ1v) is 12.2. The minimum absolute atomic E-state index is 0.00457. The number of ether oxygens (including phenoxy) is 1. The first kappa shape index (κ1) is 26.3. The Morgan fingerprint density at radius 1 is 1.11 bits per heavy atom. The van der Waals surface area contributed by atoms with Crippen LogP contribution in [-0.4, -0.2) is 11.8 Å². The lowest BCUT2D eigenvalue weighted by Gasteiger charge is -2.14. The number of anilines is 1. The molecule has 1 saturated carbocycles. The predicted octanol–water partition coefficient (Wildman–Crippen LogP) is 6.45. The number of halogens is 3. The molecule has 2 amide bonds. The summed E-state index contributed by atoms with van der Waals surface area (Å²) < 4.78 is 47.2. The smallest absolute Gasteiger partial charge is 0.270 e. The lowest BCUT2D eigenvalue weighted by molar-refractivity contribution is -0.121. The van der Waals surface area contributed by atoms with Gasteiger partial charge in [-0.1, -0.05) is 18.2 Å². The van der Waals surface area contributed by atoms with E-state index in [0.717, 1.165) is 49.2 Å². The molecule has 2 aromatic rings. The van der Waals surface area contributed by atoms with Crippen molar-refractivity contribution < 1.29 is 27.5 Å². The molecule has 2 N–H and O–H groups in total. The third-order valence-electron chi connectivity index (χ3n) is 6.14. The molecule has 5 nitrogen and oxygen atoms in total. The summed E-state index contributed by atoms with van der Waals surface area (Å²) in [5.41, 5.74) is 1.85. The second-order valence-electron chi connectivity index (χ2n) is 9.46. The van der Waals surface area contributed by atoms with Crippen molar-refractivity contribution in [1.29, 1.82) is 0 Å². The van der Waals surface area contributed by atoms with Crippen LogP contribution in [0.1, 0.15) is 49.3 Å². The number of allylic oxidation sites excluding steroid dienone is 4. The molecule has 8 heteroatoms. The van der Waals surface area contributed by atoms with E-state index in [0.29, 0.717) is 23.6 Å². The maximum atomic E-state index is 14.1. The first-order valence-electron chi connectivity index (χ1n) is 12.2. The Morgan fingerprint density at radius 3 is 2.59 bits per heavy atom. The van der Waals surface area contributed by atoms with Crippen molar-refractivity contribution in [2.45, 2.75) is 51.9 Å². The Hall–Kier alpha value is -3.81. The van der Waals surface area contributed by atoms with Gasteiger partial charge in [-0.15, -0.1) is 0 Å². The summed E-state index contributed by atoms with van der Waals surface area (Å²) in [7, 11) is 0. The zero-order chi connectivity index (χ0) is 26.6. The van der Waals surface area contributed by atoms with Gasteiger partial charge >= 0.3 is 0 Å². The summed E-state index contributed by atoms with van der Waals surface area (Å²) in [6, 6.07) is 8.31. The van der Waals surface area contributed by atoms with Gasteiger partial charge in [0.05, 0.1) is 0 Å². The van der Waals surface area contributed by atoms with Gasteiger partial charge in [0.2, 0.25) is 11.8 Å². The van der Waals surface area contributed by atoms with Crippen molar-refractivity contribution >= 4 is 17.5 Å². The van der Waals surface area contributed by atoms with Crippen molar-refractivity contribution in [2.24, 2.45) is 5.92 Å². The molecule has 2 aliphatic rings. The van der Waals surface area contributed by atoms with Gasteiger partial charge in [-0.3, -0.25) is 9.59 Å². The van der Waals surface area contributed by atoms with E-state index in [-0.39, 0.29) is 41.7 Å². The highest BCUT2D eigenvalue weighted by molar-refractivity contribution is 5.91. The van der Waals surface area contributed by atoms with Gasteiger partial charge in [-0.2, -0.15) is 0 Å². The fourth-order valence-electron chi connectivity index (χ4n) is 3.87. The number of carbonyl (C=O) groups excluding carboxylic acids is 2. The largest absolute Gasteiger partial charge is 0.457 e. The predicted molar refractivity (Wildman–Crippen MR) is 136 cm³/mol. The number of rotatable bonds is 9. The minimum Gasteiger partial charge on any atom is -0.457 e. The van der Waals surface area contributed by atoms with Gasteiger partial charge in [-0.25, -0.2) is 13.2 Å². The van der Waals surface area contributed by atoms with E-state index in [1.54, 1.807) is 24.3 Å². The summed E-state index contributed by atoms with van der Waals surface area (Å²) in [5, 5.41) is 5.71. The number of carbonyl (C=O) groups is 2. The molecular weight excluding hydrogens is 481 g/mol. The Morgan fingerprint density at radius 2 is 1.89 bits per heavy atom. The molecule has 194 valence electrons. The molecule has 0 radical (unpaired) electrons. The Kier molecular flexibility index (Phi) is 7.86. The number of hydrogen-bond donors (Lipinski definition) is 2. The highest BCUT2D eigenvalue weighted by atomic mass is 19.3. The Labute approximate surface area is 214 Å². The lowest BCUT2D eigenvalue weighted by atomic mass is 10.0. The van der Waals surface area contributed by atoms with E-state index in [9.17, 15) is 22.8 Å². The summed E-state index contributed by atoms with van der Waals surface area (Å²) in [6.07, 6.45) is 9.81. The van der Waals surface area contributed by atoms with Crippen LogP contribution < -0.4 is 15.4 Å². The maximum absolute atomic E-state index is 14.1. The molecule has 0 atom stereocenters. The summed E-state index contributed by atoms with van der Waals surface area (Å²) in [5.74, 6) is -2.77. The Bertz CT molecular complexity index is 1290. The molecule has 0 saturated heterocycles. The Balaban J connectivity index is 1.35. The van der Waals surface area contributed by atoms with Crippen LogP contribution in [0.4, 0.5) is 18.9 Å². The van der Waals surface area contributed by atoms with Gasteiger partial charge in [0.1, 0.15) is 17.3 Å². The van der Waals surface area contributed by atoms with E-state index < -0.39 is 11.7 Å². The zero-order valence-electron chi connectivity index (χ0n) is 20.7. The first-order chi connectivity index (χ1) is 17.6. The molecule has 0 spiro atoms. The normalized spacial score (nSPS) is 15.4. The van der Waals surface area contributed by atoms with Crippen LogP contribution in [0.15, 0.2) is 72.2 Å². The molecule has 2 aliphatic carbocycles. The number of benzene rings is 2. The number of nitrogens with one attached hydrogen (secondary N) is 2. The fourth-order valence-corrected chi connectivity index (χ4v) is 3.87. The molecule has 0 aromatic heterocycles. The van der Waals surface area contributed by atoms with Gasteiger partial charge in [0.25, 0.3) is 5.92 Å². The quantitative estimate of drug-likeness (QED) is 0.407. The minimum atomic E-state index is -3.09. The molecule has 0 bridgehead atoms. The van der Waals surface area contributed by atoms with E-state index in [1.807, 2.05) is 25.2 Å². The van der Waals surface area contributed by atoms with Crippen LogP contribution in [0.25, 0.3) is 0 Å². The second kappa shape index (κ2) is 11.1. The van der Waals surface area contributed by atoms with Crippen LogP contribution in [0.5, 0.6) is 5.75 Å². The van der Waals surface area contributed by atoms with Crippen LogP contribution in [-0.2, 0) is 21.9 Å². The summed E-state index contributed by atoms with van der Waals surface area (Å²) in [6.45, 7) is 2.58. The number of hydrogen-bond acceptors (Lipinski definition) is 3. The van der Waals surface area contributed by atoms with Crippen molar-refractivity contribution in [3.05, 3.63) is 94.7 Å². The molecular formula is C29H29F3N2O3. The SMILES string of the molecule is Cc1cc(NC(=O)CCc2cc(C(C)(F)F)ccc2F)ccc1OC1=CC=CCC(NC(=O)C2CC2)=C1.